The molecule has 0 saturated carbocycles. The highest BCUT2D eigenvalue weighted by molar-refractivity contribution is 8.14. The number of hydrogen-bond acceptors (Lipinski definition) is 4. The van der Waals surface area contributed by atoms with E-state index in [4.69, 9.17) is 16.6 Å². The number of aliphatic imine (C=N–C) groups is 1. The van der Waals surface area contributed by atoms with Crippen molar-refractivity contribution in [3.63, 3.8) is 0 Å². The van der Waals surface area contributed by atoms with Gasteiger partial charge in [0.15, 0.2) is 5.17 Å². The first-order valence-corrected chi connectivity index (χ1v) is 11.8. The van der Waals surface area contributed by atoms with Crippen LogP contribution < -0.4 is 0 Å². The number of thioether (sulfide) groups is 1. The molecule has 1 saturated heterocycles. The van der Waals surface area contributed by atoms with Crippen LogP contribution in [0.5, 0.6) is 0 Å². The number of halogens is 1. The number of rotatable bonds is 4. The zero-order valence-corrected chi connectivity index (χ0v) is 19.0. The molecule has 4 heterocycles. The molecule has 30 heavy (non-hydrogen) atoms. The van der Waals surface area contributed by atoms with Crippen LogP contribution in [0.25, 0.3) is 5.69 Å². The summed E-state index contributed by atoms with van der Waals surface area (Å²) >= 11 is 8.18. The molecular weight excluding hydrogens is 412 g/mol. The molecule has 154 valence electrons. The van der Waals surface area contributed by atoms with E-state index in [0.29, 0.717) is 6.04 Å². The Labute approximate surface area is 187 Å². The third-order valence-corrected chi connectivity index (χ3v) is 7.55. The highest BCUT2D eigenvalue weighted by atomic mass is 35.5. The molecule has 0 N–H and O–H groups in total. The van der Waals surface area contributed by atoms with E-state index in [2.05, 4.69) is 59.5 Å². The van der Waals surface area contributed by atoms with Crippen LogP contribution in [0.15, 0.2) is 59.7 Å². The second-order valence-electron chi connectivity index (χ2n) is 7.98. The van der Waals surface area contributed by atoms with Crippen LogP contribution >= 0.6 is 23.4 Å². The van der Waals surface area contributed by atoms with Crippen LogP contribution in [-0.4, -0.2) is 31.4 Å². The lowest BCUT2D eigenvalue weighted by Crippen LogP contribution is -2.35. The molecule has 3 atom stereocenters. The van der Waals surface area contributed by atoms with E-state index in [9.17, 15) is 0 Å². The lowest BCUT2D eigenvalue weighted by atomic mass is 9.95. The van der Waals surface area contributed by atoms with Gasteiger partial charge in [-0.1, -0.05) is 42.4 Å². The minimum Gasteiger partial charge on any atom is -0.338 e. The number of amidine groups is 1. The molecular formula is C24H25ClN4S. The first kappa shape index (κ1) is 19.7. The van der Waals surface area contributed by atoms with E-state index in [1.807, 2.05) is 42.2 Å². The molecule has 1 fully saturated rings. The SMILES string of the molecule is CC[C@@H]1CSC2=N[C@@H](c3ccccn3)[C@@H](c3cc(C)n(-c4cccc(Cl)c4)c3C)N21. The first-order chi connectivity index (χ1) is 14.6. The molecule has 0 spiro atoms. The zero-order chi connectivity index (χ0) is 20.8. The van der Waals surface area contributed by atoms with Crippen molar-refractivity contribution in [3.05, 3.63) is 82.4 Å². The lowest BCUT2D eigenvalue weighted by Gasteiger charge is -2.32. The van der Waals surface area contributed by atoms with Crippen molar-refractivity contribution in [2.45, 2.75) is 45.3 Å². The predicted octanol–water partition coefficient (Wildman–Crippen LogP) is 6.12. The quantitative estimate of drug-likeness (QED) is 0.493. The van der Waals surface area contributed by atoms with Crippen molar-refractivity contribution in [3.8, 4) is 5.69 Å². The number of benzene rings is 1. The zero-order valence-electron chi connectivity index (χ0n) is 17.4. The molecule has 6 heteroatoms. The molecule has 2 aliphatic heterocycles. The van der Waals surface area contributed by atoms with Crippen LogP contribution in [0.1, 0.15) is 48.1 Å². The number of aromatic nitrogens is 2. The van der Waals surface area contributed by atoms with Gasteiger partial charge in [-0.15, -0.1) is 0 Å². The van der Waals surface area contributed by atoms with E-state index in [0.717, 1.165) is 33.7 Å². The Morgan fingerprint density at radius 1 is 1.13 bits per heavy atom. The van der Waals surface area contributed by atoms with Gasteiger partial charge in [-0.2, -0.15) is 0 Å². The van der Waals surface area contributed by atoms with Gasteiger partial charge in [-0.3, -0.25) is 9.98 Å². The van der Waals surface area contributed by atoms with Crippen molar-refractivity contribution < 1.29 is 0 Å². The maximum atomic E-state index is 6.30. The maximum absolute atomic E-state index is 6.30. The van der Waals surface area contributed by atoms with Crippen molar-refractivity contribution in [1.29, 1.82) is 0 Å². The van der Waals surface area contributed by atoms with Crippen LogP contribution in [0.4, 0.5) is 0 Å². The van der Waals surface area contributed by atoms with Crippen molar-refractivity contribution in [2.75, 3.05) is 5.75 Å². The topological polar surface area (TPSA) is 33.4 Å². The van der Waals surface area contributed by atoms with Gasteiger partial charge in [0.25, 0.3) is 0 Å². The fourth-order valence-electron chi connectivity index (χ4n) is 4.79. The number of fused-ring (bicyclic) bond motifs is 1. The van der Waals surface area contributed by atoms with Crippen molar-refractivity contribution in [1.82, 2.24) is 14.5 Å². The Morgan fingerprint density at radius 3 is 2.73 bits per heavy atom. The Kier molecular flexibility index (Phi) is 5.11. The number of aryl methyl sites for hydroxylation is 1. The molecule has 2 aliphatic rings. The van der Waals surface area contributed by atoms with Gasteiger partial charge in [-0.05, 0) is 62.2 Å². The summed E-state index contributed by atoms with van der Waals surface area (Å²) in [6.45, 7) is 6.65. The van der Waals surface area contributed by atoms with E-state index in [1.165, 1.54) is 17.0 Å². The number of nitrogens with zero attached hydrogens (tertiary/aromatic N) is 4. The maximum Gasteiger partial charge on any atom is 0.160 e. The molecule has 0 amide bonds. The van der Waals surface area contributed by atoms with E-state index in [-0.39, 0.29) is 12.1 Å². The van der Waals surface area contributed by atoms with Gasteiger partial charge in [-0.25, -0.2) is 0 Å². The largest absolute Gasteiger partial charge is 0.338 e. The van der Waals surface area contributed by atoms with Crippen molar-refractivity contribution >= 4 is 28.5 Å². The summed E-state index contributed by atoms with van der Waals surface area (Å²) in [6.07, 6.45) is 2.99. The molecule has 3 aromatic rings. The summed E-state index contributed by atoms with van der Waals surface area (Å²) in [5.74, 6) is 1.10. The minimum atomic E-state index is 0.0105. The van der Waals surface area contributed by atoms with Gasteiger partial charge in [0.1, 0.15) is 6.04 Å². The van der Waals surface area contributed by atoms with Crippen LogP contribution in [0.2, 0.25) is 5.02 Å². The Morgan fingerprint density at radius 2 is 2.00 bits per heavy atom. The van der Waals surface area contributed by atoms with Crippen molar-refractivity contribution in [2.24, 2.45) is 4.99 Å². The number of pyridine rings is 1. The number of hydrogen-bond donors (Lipinski definition) is 0. The third kappa shape index (κ3) is 3.15. The molecule has 2 aromatic heterocycles. The summed E-state index contributed by atoms with van der Waals surface area (Å²) in [4.78, 5) is 12.4. The summed E-state index contributed by atoms with van der Waals surface area (Å²) in [5, 5.41) is 1.91. The van der Waals surface area contributed by atoms with Crippen LogP contribution in [0, 0.1) is 13.8 Å². The fourth-order valence-corrected chi connectivity index (χ4v) is 6.31. The van der Waals surface area contributed by atoms with Gasteiger partial charge >= 0.3 is 0 Å². The summed E-state index contributed by atoms with van der Waals surface area (Å²) in [7, 11) is 0. The molecule has 4 nitrogen and oxygen atoms in total. The van der Waals surface area contributed by atoms with Crippen LogP contribution in [-0.2, 0) is 0 Å². The molecule has 1 aromatic carbocycles. The third-order valence-electron chi connectivity index (χ3n) is 6.18. The van der Waals surface area contributed by atoms with E-state index >= 15 is 0 Å². The normalized spacial score (nSPS) is 23.0. The van der Waals surface area contributed by atoms with Gasteiger partial charge in [0, 0.05) is 40.1 Å². The average Bonchev–Trinajstić information content (AvgIpc) is 3.40. The standard InChI is InChI=1S/C24H25ClN4S/c1-4-18-14-30-24-27-22(21-10-5-6-11-26-21)23(29(18)24)20-12-15(2)28(16(20)3)19-9-7-8-17(25)13-19/h5-13,18,22-23H,4,14H2,1-3H3/t18-,22+,23-/m1/s1. The summed E-state index contributed by atoms with van der Waals surface area (Å²) in [6, 6.07) is 17.2. The molecule has 0 bridgehead atoms. The first-order valence-electron chi connectivity index (χ1n) is 10.4. The molecule has 0 aliphatic carbocycles. The summed E-state index contributed by atoms with van der Waals surface area (Å²) in [5.41, 5.74) is 5.90. The Hall–Kier alpha value is -2.24. The monoisotopic (exact) mass is 436 g/mol. The van der Waals surface area contributed by atoms with Gasteiger partial charge < -0.3 is 9.47 Å². The average molecular weight is 437 g/mol. The second-order valence-corrected chi connectivity index (χ2v) is 9.40. The highest BCUT2D eigenvalue weighted by Gasteiger charge is 2.46. The van der Waals surface area contributed by atoms with Gasteiger partial charge in [0.05, 0.1) is 11.7 Å². The minimum absolute atomic E-state index is 0.0105. The van der Waals surface area contributed by atoms with Crippen LogP contribution in [0.3, 0.4) is 0 Å². The highest BCUT2D eigenvalue weighted by Crippen LogP contribution is 2.49. The smallest absolute Gasteiger partial charge is 0.160 e. The fraction of sp³-hybridized carbons (Fsp3) is 0.333. The second kappa shape index (κ2) is 7.78. The lowest BCUT2D eigenvalue weighted by molar-refractivity contribution is 0.254. The Bertz CT molecular complexity index is 1110. The molecule has 0 unspecified atom stereocenters. The molecule has 5 rings (SSSR count). The van der Waals surface area contributed by atoms with Gasteiger partial charge in [0.2, 0.25) is 0 Å². The summed E-state index contributed by atoms with van der Waals surface area (Å²) < 4.78 is 2.30. The van der Waals surface area contributed by atoms with E-state index < -0.39 is 0 Å². The predicted molar refractivity (Wildman–Crippen MR) is 126 cm³/mol. The molecule has 0 radical (unpaired) electrons. The van der Waals surface area contributed by atoms with E-state index in [1.54, 1.807) is 0 Å². The Balaban J connectivity index is 1.64.